The van der Waals surface area contributed by atoms with Crippen molar-refractivity contribution in [2.45, 2.75) is 16.7 Å². The molecular weight excluding hydrogens is 440 g/mol. The first-order valence-electron chi connectivity index (χ1n) is 10.00. The Hall–Kier alpha value is -4.04. The van der Waals surface area contributed by atoms with Crippen molar-refractivity contribution in [2.75, 3.05) is 12.4 Å². The number of anilines is 1. The molecule has 0 aliphatic heterocycles. The number of nitrogens with one attached hydrogen (secondary N) is 2. The Bertz CT molecular complexity index is 1380. The molecule has 0 atom stereocenters. The fourth-order valence-electron chi connectivity index (χ4n) is 3.52. The van der Waals surface area contributed by atoms with Gasteiger partial charge in [-0.05, 0) is 24.3 Å². The van der Waals surface area contributed by atoms with Crippen LogP contribution in [0.2, 0.25) is 0 Å². The third-order valence-electron chi connectivity index (χ3n) is 4.97. The van der Waals surface area contributed by atoms with Crippen molar-refractivity contribution < 1.29 is 24.2 Å². The van der Waals surface area contributed by atoms with Crippen molar-refractivity contribution >= 4 is 46.0 Å². The minimum Gasteiger partial charge on any atom is -0.496 e. The van der Waals surface area contributed by atoms with Crippen molar-refractivity contribution in [1.82, 2.24) is 4.98 Å². The van der Waals surface area contributed by atoms with Gasteiger partial charge >= 0.3 is 5.97 Å². The number of carbonyl (C=O) groups excluding carboxylic acids is 2. The first-order valence-corrected chi connectivity index (χ1v) is 10.8. The predicted octanol–water partition coefficient (Wildman–Crippen LogP) is 5.22. The number of carboxylic acid groups (broad SMARTS) is 1. The average molecular weight is 461 g/mol. The van der Waals surface area contributed by atoms with Crippen molar-refractivity contribution in [3.63, 3.8) is 0 Å². The summed E-state index contributed by atoms with van der Waals surface area (Å²) in [5, 5.41) is 13.1. The molecule has 4 rings (SSSR count). The summed E-state index contributed by atoms with van der Waals surface area (Å²) in [5.41, 5.74) is 1.11. The van der Waals surface area contributed by atoms with Crippen molar-refractivity contribution in [1.29, 1.82) is 0 Å². The number of rotatable bonds is 7. The van der Waals surface area contributed by atoms with E-state index >= 15 is 0 Å². The molecule has 3 N–H and O–H groups in total. The number of aromatic carboxylic acids is 1. The summed E-state index contributed by atoms with van der Waals surface area (Å²) < 4.78 is 5.16. The molecule has 4 aromatic rings. The van der Waals surface area contributed by atoms with E-state index in [1.165, 1.54) is 37.9 Å². The largest absolute Gasteiger partial charge is 0.496 e. The number of hydrogen-bond acceptors (Lipinski definition) is 5. The van der Waals surface area contributed by atoms with Gasteiger partial charge in [-0.3, -0.25) is 9.59 Å². The Morgan fingerprint density at radius 2 is 1.67 bits per heavy atom. The predicted molar refractivity (Wildman–Crippen MR) is 127 cm³/mol. The number of methoxy groups -OCH3 is 1. The van der Waals surface area contributed by atoms with Crippen molar-refractivity contribution in [3.05, 3.63) is 83.6 Å². The highest BCUT2D eigenvalue weighted by molar-refractivity contribution is 7.99. The van der Waals surface area contributed by atoms with Crippen LogP contribution >= 0.6 is 11.8 Å². The molecule has 0 unspecified atom stereocenters. The number of carboxylic acids is 1. The van der Waals surface area contributed by atoms with Crippen LogP contribution < -0.4 is 10.1 Å². The molecule has 0 bridgehead atoms. The number of aromatic amines is 1. The number of aromatic nitrogens is 1. The summed E-state index contributed by atoms with van der Waals surface area (Å²) in [6.07, 6.45) is 0. The second-order valence-corrected chi connectivity index (χ2v) is 8.29. The van der Waals surface area contributed by atoms with E-state index in [0.29, 0.717) is 10.6 Å². The van der Waals surface area contributed by atoms with Crippen LogP contribution in [0.3, 0.4) is 0 Å². The molecule has 0 fully saturated rings. The van der Waals surface area contributed by atoms with Gasteiger partial charge in [0, 0.05) is 39.2 Å². The van der Waals surface area contributed by atoms with Gasteiger partial charge in [-0.25, -0.2) is 4.79 Å². The highest BCUT2D eigenvalue weighted by Gasteiger charge is 2.25. The summed E-state index contributed by atoms with van der Waals surface area (Å²) in [4.78, 5) is 42.2. The molecule has 0 saturated heterocycles. The number of para-hydroxylation sites is 1. The maximum absolute atomic E-state index is 13.8. The van der Waals surface area contributed by atoms with Gasteiger partial charge in [-0.1, -0.05) is 48.2 Å². The fraction of sp³-hybridized carbons (Fsp3) is 0.0800. The van der Waals surface area contributed by atoms with Crippen LogP contribution in [0.1, 0.15) is 33.3 Å². The molecule has 166 valence electrons. The lowest BCUT2D eigenvalue weighted by atomic mass is 10.0. The van der Waals surface area contributed by atoms with Crippen LogP contribution in [-0.4, -0.2) is 34.9 Å². The van der Waals surface area contributed by atoms with Gasteiger partial charge in [0.05, 0.1) is 12.8 Å². The summed E-state index contributed by atoms with van der Waals surface area (Å²) in [7, 11) is 1.33. The summed E-state index contributed by atoms with van der Waals surface area (Å²) in [5.74, 6) is -2.05. The molecule has 0 saturated carbocycles. The van der Waals surface area contributed by atoms with Crippen LogP contribution in [0.15, 0.2) is 76.5 Å². The van der Waals surface area contributed by atoms with E-state index in [9.17, 15) is 19.5 Å². The second kappa shape index (κ2) is 9.22. The summed E-state index contributed by atoms with van der Waals surface area (Å²) >= 11 is 1.43. The Kier molecular flexibility index (Phi) is 6.19. The molecule has 1 aromatic heterocycles. The highest BCUT2D eigenvalue weighted by Crippen LogP contribution is 2.39. The van der Waals surface area contributed by atoms with Gasteiger partial charge in [0.2, 0.25) is 11.7 Å². The maximum atomic E-state index is 13.8. The number of fused-ring (bicyclic) bond motifs is 1. The Morgan fingerprint density at radius 1 is 0.970 bits per heavy atom. The Labute approximate surface area is 193 Å². The zero-order valence-corrected chi connectivity index (χ0v) is 18.7. The highest BCUT2D eigenvalue weighted by atomic mass is 32.2. The van der Waals surface area contributed by atoms with Gasteiger partial charge in [0.25, 0.3) is 0 Å². The number of hydrogen-bond donors (Lipinski definition) is 3. The lowest BCUT2D eigenvalue weighted by Crippen LogP contribution is -2.14. The normalized spacial score (nSPS) is 10.7. The third kappa shape index (κ3) is 4.47. The van der Waals surface area contributed by atoms with Crippen molar-refractivity contribution in [2.24, 2.45) is 0 Å². The molecule has 1 amide bonds. The fourth-order valence-corrected chi connectivity index (χ4v) is 4.58. The molecule has 0 radical (unpaired) electrons. The average Bonchev–Trinajstić information content (AvgIpc) is 3.17. The van der Waals surface area contributed by atoms with E-state index in [2.05, 4.69) is 10.3 Å². The van der Waals surface area contributed by atoms with Gasteiger partial charge in [-0.2, -0.15) is 0 Å². The van der Waals surface area contributed by atoms with Gasteiger partial charge in [-0.15, -0.1) is 0 Å². The summed E-state index contributed by atoms with van der Waals surface area (Å²) in [6, 6.07) is 19.7. The van der Waals surface area contributed by atoms with Gasteiger partial charge in [0.1, 0.15) is 17.0 Å². The lowest BCUT2D eigenvalue weighted by Gasteiger charge is -2.14. The first kappa shape index (κ1) is 22.2. The zero-order valence-electron chi connectivity index (χ0n) is 17.8. The number of amides is 1. The van der Waals surface area contributed by atoms with Crippen LogP contribution in [0.4, 0.5) is 5.69 Å². The number of carbonyl (C=O) groups is 3. The molecule has 3 aromatic carbocycles. The zero-order chi connectivity index (χ0) is 23.5. The van der Waals surface area contributed by atoms with Crippen LogP contribution in [-0.2, 0) is 4.79 Å². The smallest absolute Gasteiger partial charge is 0.339 e. The lowest BCUT2D eigenvalue weighted by molar-refractivity contribution is -0.114. The minimum absolute atomic E-state index is 0.0401. The van der Waals surface area contributed by atoms with E-state index in [0.717, 1.165) is 15.8 Å². The molecule has 0 aliphatic rings. The topological polar surface area (TPSA) is 108 Å². The summed E-state index contributed by atoms with van der Waals surface area (Å²) in [6.45, 7) is 1.31. The molecular formula is C25H20N2O5S. The molecule has 33 heavy (non-hydrogen) atoms. The van der Waals surface area contributed by atoms with Gasteiger partial charge in [0.15, 0.2) is 0 Å². The van der Waals surface area contributed by atoms with Crippen LogP contribution in [0, 0.1) is 0 Å². The Morgan fingerprint density at radius 3 is 2.33 bits per heavy atom. The molecule has 8 heteroatoms. The van der Waals surface area contributed by atoms with Crippen LogP contribution in [0.5, 0.6) is 5.75 Å². The third-order valence-corrected chi connectivity index (χ3v) is 6.11. The molecule has 1 heterocycles. The monoisotopic (exact) mass is 460 g/mol. The van der Waals surface area contributed by atoms with E-state index in [1.807, 2.05) is 54.6 Å². The van der Waals surface area contributed by atoms with E-state index in [1.54, 1.807) is 0 Å². The standard InChI is InChI=1S/C25H20N2O5S/c1-14(28)26-20-13-21(32-2)18(25(30)31)12-17(20)23(29)22-24(33-15-8-4-3-5-9-15)16-10-6-7-11-19(16)27-22/h3-13,27H,1-2H3,(H,26,28)(H,30,31). The van der Waals surface area contributed by atoms with Crippen LogP contribution in [0.25, 0.3) is 10.9 Å². The van der Waals surface area contributed by atoms with Gasteiger partial charge < -0.3 is 20.1 Å². The molecule has 0 spiro atoms. The maximum Gasteiger partial charge on any atom is 0.339 e. The number of H-pyrrole nitrogens is 1. The number of benzene rings is 3. The quantitative estimate of drug-likeness (QED) is 0.327. The molecule has 0 aliphatic carbocycles. The molecule has 7 nitrogen and oxygen atoms in total. The minimum atomic E-state index is -1.24. The van der Waals surface area contributed by atoms with Crippen molar-refractivity contribution in [3.8, 4) is 5.75 Å². The number of ketones is 1. The van der Waals surface area contributed by atoms with E-state index < -0.39 is 17.7 Å². The Balaban J connectivity index is 1.91. The van der Waals surface area contributed by atoms with E-state index in [4.69, 9.17) is 4.74 Å². The van der Waals surface area contributed by atoms with E-state index in [-0.39, 0.29) is 22.6 Å². The SMILES string of the molecule is COc1cc(NC(C)=O)c(C(=O)c2[nH]c3ccccc3c2Sc2ccccc2)cc1C(=O)O. The second-order valence-electron chi connectivity index (χ2n) is 7.20. The number of ether oxygens (including phenoxy) is 1. The first-order chi connectivity index (χ1) is 15.9.